The summed E-state index contributed by atoms with van der Waals surface area (Å²) in [5.41, 5.74) is 5.36. The Morgan fingerprint density at radius 2 is 2.17 bits per heavy atom. The minimum absolute atomic E-state index is 0.348. The number of nitrogens with zero attached hydrogens (tertiary/aromatic N) is 2. The maximum atomic E-state index is 5.36. The molecule has 4 nitrogen and oxygen atoms in total. The smallest absolute Gasteiger partial charge is 0.239 e. The van der Waals surface area contributed by atoms with Gasteiger partial charge in [-0.2, -0.15) is 4.98 Å². The number of anilines is 1. The Balaban J connectivity index is 2.15. The van der Waals surface area contributed by atoms with Crippen LogP contribution >= 0.6 is 0 Å². The zero-order valence-corrected chi connectivity index (χ0v) is 7.51. The predicted octanol–water partition coefficient (Wildman–Crippen LogP) is 1.51. The SMILES string of the molecule is CCCCCCc1nc(N)n[nH]1. The molecular weight excluding hydrogens is 152 g/mol. The van der Waals surface area contributed by atoms with Crippen molar-refractivity contribution in [2.45, 2.75) is 39.0 Å². The lowest BCUT2D eigenvalue weighted by molar-refractivity contribution is 0.653. The fraction of sp³-hybridized carbons (Fsp3) is 0.750. The van der Waals surface area contributed by atoms with Crippen LogP contribution < -0.4 is 5.73 Å². The highest BCUT2D eigenvalue weighted by Crippen LogP contribution is 2.04. The average molecular weight is 168 g/mol. The number of H-pyrrole nitrogens is 1. The van der Waals surface area contributed by atoms with E-state index >= 15 is 0 Å². The van der Waals surface area contributed by atoms with Gasteiger partial charge in [0.1, 0.15) is 5.82 Å². The molecule has 0 aromatic carbocycles. The van der Waals surface area contributed by atoms with Gasteiger partial charge in [-0.15, -0.1) is 5.10 Å². The summed E-state index contributed by atoms with van der Waals surface area (Å²) < 4.78 is 0. The van der Waals surface area contributed by atoms with E-state index in [0.29, 0.717) is 5.95 Å². The third kappa shape index (κ3) is 2.90. The first kappa shape index (κ1) is 9.03. The van der Waals surface area contributed by atoms with E-state index in [9.17, 15) is 0 Å². The molecule has 0 aliphatic carbocycles. The summed E-state index contributed by atoms with van der Waals surface area (Å²) in [7, 11) is 0. The minimum Gasteiger partial charge on any atom is -0.367 e. The number of unbranched alkanes of at least 4 members (excludes halogenated alkanes) is 3. The molecule has 1 heterocycles. The van der Waals surface area contributed by atoms with Crippen molar-refractivity contribution in [1.29, 1.82) is 0 Å². The molecule has 0 saturated heterocycles. The summed E-state index contributed by atoms with van der Waals surface area (Å²) in [6, 6.07) is 0. The second-order valence-corrected chi connectivity index (χ2v) is 2.95. The van der Waals surface area contributed by atoms with Crippen molar-refractivity contribution in [1.82, 2.24) is 15.2 Å². The number of rotatable bonds is 5. The van der Waals surface area contributed by atoms with Crippen molar-refractivity contribution in [3.8, 4) is 0 Å². The van der Waals surface area contributed by atoms with Crippen LogP contribution in [0.1, 0.15) is 38.4 Å². The molecule has 0 saturated carbocycles. The van der Waals surface area contributed by atoms with Crippen LogP contribution in [-0.2, 0) is 6.42 Å². The van der Waals surface area contributed by atoms with Crippen LogP contribution in [0, 0.1) is 0 Å². The maximum Gasteiger partial charge on any atom is 0.239 e. The first-order valence-corrected chi connectivity index (χ1v) is 4.49. The third-order valence-corrected chi connectivity index (χ3v) is 1.82. The van der Waals surface area contributed by atoms with E-state index in [1.54, 1.807) is 0 Å². The molecule has 0 atom stereocenters. The van der Waals surface area contributed by atoms with Gasteiger partial charge in [0.05, 0.1) is 0 Å². The molecule has 0 unspecified atom stereocenters. The lowest BCUT2D eigenvalue weighted by Crippen LogP contribution is -1.89. The van der Waals surface area contributed by atoms with E-state index in [1.165, 1.54) is 25.7 Å². The van der Waals surface area contributed by atoms with E-state index in [1.807, 2.05) is 0 Å². The predicted molar refractivity (Wildman–Crippen MR) is 48.6 cm³/mol. The monoisotopic (exact) mass is 168 g/mol. The molecule has 0 aliphatic heterocycles. The van der Waals surface area contributed by atoms with Gasteiger partial charge in [-0.1, -0.05) is 26.2 Å². The van der Waals surface area contributed by atoms with Crippen molar-refractivity contribution >= 4 is 5.95 Å². The Kier molecular flexibility index (Phi) is 3.57. The molecule has 3 N–H and O–H groups in total. The second kappa shape index (κ2) is 4.74. The fourth-order valence-electron chi connectivity index (χ4n) is 1.14. The molecule has 1 aromatic rings. The zero-order chi connectivity index (χ0) is 8.81. The highest BCUT2D eigenvalue weighted by atomic mass is 15.3. The number of nitrogens with one attached hydrogen (secondary N) is 1. The van der Waals surface area contributed by atoms with Crippen molar-refractivity contribution in [2.75, 3.05) is 5.73 Å². The molecule has 68 valence electrons. The zero-order valence-electron chi connectivity index (χ0n) is 7.51. The van der Waals surface area contributed by atoms with Crippen molar-refractivity contribution in [3.05, 3.63) is 5.82 Å². The number of aryl methyl sites for hydroxylation is 1. The van der Waals surface area contributed by atoms with Crippen LogP contribution in [0.15, 0.2) is 0 Å². The third-order valence-electron chi connectivity index (χ3n) is 1.82. The molecule has 0 bridgehead atoms. The minimum atomic E-state index is 0.348. The summed E-state index contributed by atoms with van der Waals surface area (Å²) in [5, 5.41) is 6.55. The Labute approximate surface area is 72.6 Å². The molecular formula is C8H16N4. The standard InChI is InChI=1S/C8H16N4/c1-2-3-4-5-6-7-10-8(9)12-11-7/h2-6H2,1H3,(H3,9,10,11,12). The topological polar surface area (TPSA) is 67.6 Å². The van der Waals surface area contributed by atoms with Gasteiger partial charge < -0.3 is 5.73 Å². The first-order valence-electron chi connectivity index (χ1n) is 4.49. The van der Waals surface area contributed by atoms with E-state index < -0.39 is 0 Å². The highest BCUT2D eigenvalue weighted by Gasteiger charge is 1.97. The highest BCUT2D eigenvalue weighted by molar-refractivity contribution is 5.12. The number of aromatic amines is 1. The molecule has 0 radical (unpaired) electrons. The summed E-state index contributed by atoms with van der Waals surface area (Å²) in [5.74, 6) is 1.25. The van der Waals surface area contributed by atoms with Gasteiger partial charge in [0.15, 0.2) is 0 Å². The molecule has 12 heavy (non-hydrogen) atoms. The fourth-order valence-corrected chi connectivity index (χ4v) is 1.14. The lowest BCUT2D eigenvalue weighted by Gasteiger charge is -1.94. The van der Waals surface area contributed by atoms with Gasteiger partial charge in [-0.25, -0.2) is 0 Å². The van der Waals surface area contributed by atoms with E-state index in [0.717, 1.165) is 12.2 Å². The maximum absolute atomic E-state index is 5.36. The number of aromatic nitrogens is 3. The Hall–Kier alpha value is -1.06. The van der Waals surface area contributed by atoms with Crippen molar-refractivity contribution in [2.24, 2.45) is 0 Å². The number of nitrogens with two attached hydrogens (primary N) is 1. The Morgan fingerprint density at radius 1 is 1.33 bits per heavy atom. The van der Waals surface area contributed by atoms with Crippen molar-refractivity contribution < 1.29 is 0 Å². The lowest BCUT2D eigenvalue weighted by atomic mass is 10.1. The van der Waals surface area contributed by atoms with Crippen LogP contribution in [0.5, 0.6) is 0 Å². The molecule has 0 spiro atoms. The van der Waals surface area contributed by atoms with E-state index in [4.69, 9.17) is 5.73 Å². The molecule has 1 rings (SSSR count). The van der Waals surface area contributed by atoms with E-state index in [-0.39, 0.29) is 0 Å². The second-order valence-electron chi connectivity index (χ2n) is 2.95. The summed E-state index contributed by atoms with van der Waals surface area (Å²) in [6.07, 6.45) is 5.95. The van der Waals surface area contributed by atoms with Crippen molar-refractivity contribution in [3.63, 3.8) is 0 Å². The normalized spacial score (nSPS) is 10.4. The Bertz CT molecular complexity index is 219. The van der Waals surface area contributed by atoms with Gasteiger partial charge in [0.25, 0.3) is 0 Å². The first-order chi connectivity index (χ1) is 5.83. The van der Waals surface area contributed by atoms with Gasteiger partial charge in [0, 0.05) is 6.42 Å². The largest absolute Gasteiger partial charge is 0.367 e. The molecule has 0 amide bonds. The number of hydrogen-bond donors (Lipinski definition) is 2. The summed E-state index contributed by atoms with van der Waals surface area (Å²) >= 11 is 0. The van der Waals surface area contributed by atoms with Crippen LogP contribution in [0.3, 0.4) is 0 Å². The molecule has 1 aromatic heterocycles. The Morgan fingerprint density at radius 3 is 2.75 bits per heavy atom. The van der Waals surface area contributed by atoms with Gasteiger partial charge in [-0.05, 0) is 6.42 Å². The van der Waals surface area contributed by atoms with Crippen LogP contribution in [0.25, 0.3) is 0 Å². The quantitative estimate of drug-likeness (QED) is 0.655. The molecule has 0 fully saturated rings. The summed E-state index contributed by atoms with van der Waals surface area (Å²) in [6.45, 7) is 2.20. The van der Waals surface area contributed by atoms with Gasteiger partial charge >= 0.3 is 0 Å². The molecule has 4 heteroatoms. The van der Waals surface area contributed by atoms with Crippen LogP contribution in [0.2, 0.25) is 0 Å². The summed E-state index contributed by atoms with van der Waals surface area (Å²) in [4.78, 5) is 4.02. The van der Waals surface area contributed by atoms with Crippen LogP contribution in [0.4, 0.5) is 5.95 Å². The van der Waals surface area contributed by atoms with Gasteiger partial charge in [-0.3, -0.25) is 5.10 Å². The number of hydrogen-bond acceptors (Lipinski definition) is 3. The number of nitrogen functional groups attached to an aromatic ring is 1. The average Bonchev–Trinajstić information content (AvgIpc) is 2.45. The van der Waals surface area contributed by atoms with Gasteiger partial charge in [0.2, 0.25) is 5.95 Å². The van der Waals surface area contributed by atoms with Crippen LogP contribution in [-0.4, -0.2) is 15.2 Å². The molecule has 0 aliphatic rings. The van der Waals surface area contributed by atoms with E-state index in [2.05, 4.69) is 22.1 Å².